The Bertz CT molecular complexity index is 121. The van der Waals surface area contributed by atoms with E-state index < -0.39 is 6.23 Å². The van der Waals surface area contributed by atoms with E-state index in [0.29, 0.717) is 6.54 Å². The summed E-state index contributed by atoms with van der Waals surface area (Å²) in [6, 6.07) is 0.231. The van der Waals surface area contributed by atoms with E-state index >= 15 is 0 Å². The van der Waals surface area contributed by atoms with E-state index in [0.717, 1.165) is 19.4 Å². The predicted octanol–water partition coefficient (Wildman–Crippen LogP) is -0.168. The molecule has 1 fully saturated rings. The van der Waals surface area contributed by atoms with E-state index in [4.69, 9.17) is 0 Å². The maximum absolute atomic E-state index is 9.46. The van der Waals surface area contributed by atoms with Crippen LogP contribution in [0.25, 0.3) is 0 Å². The van der Waals surface area contributed by atoms with E-state index in [9.17, 15) is 5.11 Å². The van der Waals surface area contributed by atoms with E-state index in [1.807, 2.05) is 0 Å². The molecule has 0 saturated carbocycles. The summed E-state index contributed by atoms with van der Waals surface area (Å²) < 4.78 is 0. The van der Waals surface area contributed by atoms with Crippen molar-refractivity contribution >= 4 is 0 Å². The molecular formula is C8H16N2O. The largest absolute Gasteiger partial charge is 0.377 e. The third kappa shape index (κ3) is 2.61. The highest BCUT2D eigenvalue weighted by atomic mass is 16.3. The van der Waals surface area contributed by atoms with Gasteiger partial charge in [0.2, 0.25) is 0 Å². The molecule has 3 N–H and O–H groups in total. The molecule has 1 heterocycles. The highest BCUT2D eigenvalue weighted by molar-refractivity contribution is 4.81. The highest BCUT2D eigenvalue weighted by Gasteiger charge is 2.21. The smallest absolute Gasteiger partial charge is 0.120 e. The van der Waals surface area contributed by atoms with Gasteiger partial charge in [0, 0.05) is 12.6 Å². The molecule has 1 aliphatic rings. The van der Waals surface area contributed by atoms with Crippen LogP contribution in [0, 0.1) is 0 Å². The molecule has 0 aromatic carbocycles. The molecule has 1 aliphatic heterocycles. The molecule has 1 unspecified atom stereocenters. The van der Waals surface area contributed by atoms with Gasteiger partial charge in [-0.25, -0.2) is 0 Å². The minimum absolute atomic E-state index is 0.231. The van der Waals surface area contributed by atoms with Crippen molar-refractivity contribution in [3.63, 3.8) is 0 Å². The van der Waals surface area contributed by atoms with Crippen LogP contribution in [0.1, 0.15) is 12.8 Å². The Morgan fingerprint density at radius 2 is 2.64 bits per heavy atom. The molecule has 0 aliphatic carbocycles. The van der Waals surface area contributed by atoms with Crippen LogP contribution in [-0.2, 0) is 0 Å². The molecule has 0 aromatic rings. The van der Waals surface area contributed by atoms with Gasteiger partial charge >= 0.3 is 0 Å². The van der Waals surface area contributed by atoms with E-state index in [2.05, 4.69) is 17.2 Å². The molecule has 3 heteroatoms. The standard InChI is InChI=1S/C8H16N2O/c1-2-5-10-8(11)7-4-3-6-9-7/h2,7-11H,1,3-6H2/t7-,8?/m0/s1. The summed E-state index contributed by atoms with van der Waals surface area (Å²) in [6.45, 7) is 5.26. The minimum atomic E-state index is -0.421. The zero-order valence-corrected chi connectivity index (χ0v) is 6.71. The van der Waals surface area contributed by atoms with Gasteiger partial charge in [0.05, 0.1) is 0 Å². The quantitative estimate of drug-likeness (QED) is 0.391. The van der Waals surface area contributed by atoms with Gasteiger partial charge in [-0.05, 0) is 19.4 Å². The lowest BCUT2D eigenvalue weighted by Crippen LogP contribution is -2.44. The topological polar surface area (TPSA) is 44.3 Å². The molecule has 11 heavy (non-hydrogen) atoms. The van der Waals surface area contributed by atoms with Crippen molar-refractivity contribution < 1.29 is 5.11 Å². The fraction of sp³-hybridized carbons (Fsp3) is 0.750. The lowest BCUT2D eigenvalue weighted by molar-refractivity contribution is 0.105. The van der Waals surface area contributed by atoms with Gasteiger partial charge in [0.1, 0.15) is 6.23 Å². The first-order valence-electron chi connectivity index (χ1n) is 4.10. The third-order valence-corrected chi connectivity index (χ3v) is 1.95. The van der Waals surface area contributed by atoms with E-state index in [1.54, 1.807) is 6.08 Å². The Balaban J connectivity index is 2.16. The summed E-state index contributed by atoms with van der Waals surface area (Å²) in [7, 11) is 0. The maximum Gasteiger partial charge on any atom is 0.120 e. The van der Waals surface area contributed by atoms with E-state index in [1.165, 1.54) is 0 Å². The zero-order chi connectivity index (χ0) is 8.10. The summed E-state index contributed by atoms with van der Waals surface area (Å²) in [5.41, 5.74) is 0. The van der Waals surface area contributed by atoms with Crippen LogP contribution in [-0.4, -0.2) is 30.5 Å². The number of hydrogen-bond donors (Lipinski definition) is 3. The van der Waals surface area contributed by atoms with Crippen molar-refractivity contribution in [3.05, 3.63) is 12.7 Å². The zero-order valence-electron chi connectivity index (χ0n) is 6.71. The first kappa shape index (κ1) is 8.71. The molecule has 3 nitrogen and oxygen atoms in total. The van der Waals surface area contributed by atoms with Crippen molar-refractivity contribution in [2.75, 3.05) is 13.1 Å². The molecule has 0 radical (unpaired) electrons. The molecule has 2 atom stereocenters. The van der Waals surface area contributed by atoms with E-state index in [-0.39, 0.29) is 6.04 Å². The number of aliphatic hydroxyl groups excluding tert-OH is 1. The van der Waals surface area contributed by atoms with Crippen molar-refractivity contribution in [2.45, 2.75) is 25.1 Å². The molecule has 0 bridgehead atoms. The Kier molecular flexibility index (Phi) is 3.56. The second kappa shape index (κ2) is 4.49. The lowest BCUT2D eigenvalue weighted by Gasteiger charge is -2.18. The number of nitrogens with one attached hydrogen (secondary N) is 2. The van der Waals surface area contributed by atoms with Crippen LogP contribution < -0.4 is 10.6 Å². The summed E-state index contributed by atoms with van der Waals surface area (Å²) in [5.74, 6) is 0. The monoisotopic (exact) mass is 156 g/mol. The van der Waals surface area contributed by atoms with Gasteiger partial charge in [0.15, 0.2) is 0 Å². The normalized spacial score (nSPS) is 26.8. The second-order valence-electron chi connectivity index (χ2n) is 2.84. The Labute approximate surface area is 67.5 Å². The summed E-state index contributed by atoms with van der Waals surface area (Å²) in [6.07, 6.45) is 3.55. The molecule has 0 spiro atoms. The SMILES string of the molecule is C=CCNC(O)[C@@H]1CCCN1. The fourth-order valence-corrected chi connectivity index (χ4v) is 1.33. The van der Waals surface area contributed by atoms with Gasteiger partial charge in [0.25, 0.3) is 0 Å². The average Bonchev–Trinajstić information content (AvgIpc) is 2.52. The fourth-order valence-electron chi connectivity index (χ4n) is 1.33. The van der Waals surface area contributed by atoms with Crippen LogP contribution in [0.4, 0.5) is 0 Å². The van der Waals surface area contributed by atoms with Crippen molar-refractivity contribution in [2.24, 2.45) is 0 Å². The molecule has 0 amide bonds. The predicted molar refractivity (Wildman–Crippen MR) is 45.2 cm³/mol. The number of aliphatic hydroxyl groups is 1. The maximum atomic E-state index is 9.46. The first-order chi connectivity index (χ1) is 5.34. The van der Waals surface area contributed by atoms with Crippen LogP contribution in [0.5, 0.6) is 0 Å². The summed E-state index contributed by atoms with van der Waals surface area (Å²) in [4.78, 5) is 0. The summed E-state index contributed by atoms with van der Waals surface area (Å²) >= 11 is 0. The van der Waals surface area contributed by atoms with Gasteiger partial charge in [-0.1, -0.05) is 6.08 Å². The van der Waals surface area contributed by atoms with Crippen LogP contribution in [0.3, 0.4) is 0 Å². The number of hydrogen-bond acceptors (Lipinski definition) is 3. The van der Waals surface area contributed by atoms with Gasteiger partial charge in [-0.3, -0.25) is 5.32 Å². The van der Waals surface area contributed by atoms with Crippen LogP contribution in [0.2, 0.25) is 0 Å². The average molecular weight is 156 g/mol. The Morgan fingerprint density at radius 3 is 3.18 bits per heavy atom. The van der Waals surface area contributed by atoms with Crippen LogP contribution in [0.15, 0.2) is 12.7 Å². The molecule has 1 saturated heterocycles. The van der Waals surface area contributed by atoms with Crippen molar-refractivity contribution in [3.8, 4) is 0 Å². The third-order valence-electron chi connectivity index (χ3n) is 1.95. The Morgan fingerprint density at radius 1 is 1.82 bits per heavy atom. The minimum Gasteiger partial charge on any atom is -0.377 e. The van der Waals surface area contributed by atoms with Gasteiger partial charge in [-0.2, -0.15) is 0 Å². The second-order valence-corrected chi connectivity index (χ2v) is 2.84. The molecule has 64 valence electrons. The van der Waals surface area contributed by atoms with Crippen molar-refractivity contribution in [1.82, 2.24) is 10.6 Å². The molecular weight excluding hydrogens is 140 g/mol. The van der Waals surface area contributed by atoms with Crippen molar-refractivity contribution in [1.29, 1.82) is 0 Å². The summed E-state index contributed by atoms with van der Waals surface area (Å²) in [5, 5.41) is 15.6. The van der Waals surface area contributed by atoms with Crippen LogP contribution >= 0.6 is 0 Å². The lowest BCUT2D eigenvalue weighted by atomic mass is 10.2. The van der Waals surface area contributed by atoms with Gasteiger partial charge < -0.3 is 10.4 Å². The highest BCUT2D eigenvalue weighted by Crippen LogP contribution is 2.06. The van der Waals surface area contributed by atoms with Gasteiger partial charge in [-0.15, -0.1) is 6.58 Å². The number of rotatable bonds is 4. The molecule has 1 rings (SSSR count). The molecule has 0 aromatic heterocycles. The first-order valence-corrected chi connectivity index (χ1v) is 4.10. The Hall–Kier alpha value is -0.380.